The molecule has 2 aromatic carbocycles. The Morgan fingerprint density at radius 1 is 0.897 bits per heavy atom. The lowest BCUT2D eigenvalue weighted by Crippen LogP contribution is -2.33. The van der Waals surface area contributed by atoms with E-state index in [2.05, 4.69) is 36.9 Å². The molecule has 0 bridgehead atoms. The number of rotatable bonds is 3. The molecule has 0 aliphatic carbocycles. The van der Waals surface area contributed by atoms with Gasteiger partial charge in [-0.25, -0.2) is 4.98 Å². The molecule has 0 aliphatic rings. The van der Waals surface area contributed by atoms with E-state index in [0.717, 1.165) is 33.8 Å². The van der Waals surface area contributed by atoms with Crippen molar-refractivity contribution in [3.05, 3.63) is 90.6 Å². The molecule has 0 atom stereocenters. The van der Waals surface area contributed by atoms with Crippen molar-refractivity contribution in [2.24, 2.45) is 5.41 Å². The van der Waals surface area contributed by atoms with Crippen LogP contribution >= 0.6 is 0 Å². The van der Waals surface area contributed by atoms with Crippen molar-refractivity contribution in [1.82, 2.24) is 14.4 Å². The topological polar surface area (TPSA) is 47.3 Å². The third-order valence-corrected chi connectivity index (χ3v) is 6.01. The molecule has 0 fully saturated rings. The van der Waals surface area contributed by atoms with Crippen LogP contribution in [0.25, 0.3) is 5.65 Å². The SMILES string of the molecule is Cc1cn2cc(CC(C)(C)C)ncc2n1.O=[Si](c1ccccc1)c1ccccc1. The number of aryl methyl sites for hydroxylation is 1. The lowest BCUT2D eigenvalue weighted by Gasteiger charge is -2.17. The first-order valence-corrected chi connectivity index (χ1v) is 11.2. The minimum absolute atomic E-state index is 0.274. The molecule has 2 aromatic heterocycles. The molecule has 4 nitrogen and oxygen atoms in total. The van der Waals surface area contributed by atoms with Gasteiger partial charge in [-0.15, -0.1) is 0 Å². The van der Waals surface area contributed by atoms with Crippen LogP contribution in [0.1, 0.15) is 32.2 Å². The van der Waals surface area contributed by atoms with E-state index in [1.54, 1.807) is 0 Å². The third-order valence-electron chi connectivity index (χ3n) is 4.30. The summed E-state index contributed by atoms with van der Waals surface area (Å²) in [5.41, 5.74) is 3.35. The Bertz CT molecular complexity index is 1040. The minimum Gasteiger partial charge on any atom is -0.376 e. The van der Waals surface area contributed by atoms with Crippen molar-refractivity contribution in [2.75, 3.05) is 0 Å². The van der Waals surface area contributed by atoms with Crippen LogP contribution in [0.5, 0.6) is 0 Å². The number of aromatic nitrogens is 3. The number of imidazole rings is 1. The molecule has 0 spiro atoms. The van der Waals surface area contributed by atoms with Gasteiger partial charge in [-0.05, 0) is 18.8 Å². The Labute approximate surface area is 174 Å². The predicted octanol–water partition coefficient (Wildman–Crippen LogP) is 3.85. The Morgan fingerprint density at radius 2 is 1.45 bits per heavy atom. The van der Waals surface area contributed by atoms with Crippen molar-refractivity contribution < 1.29 is 4.46 Å². The molecule has 2 heterocycles. The monoisotopic (exact) mass is 401 g/mol. The fraction of sp³-hybridized carbons (Fsp3) is 0.250. The normalized spacial score (nSPS) is 11.0. The zero-order valence-corrected chi connectivity index (χ0v) is 18.5. The average Bonchev–Trinajstić information content (AvgIpc) is 3.07. The quantitative estimate of drug-likeness (QED) is 0.490. The number of fused-ring (bicyclic) bond motifs is 1. The molecule has 0 radical (unpaired) electrons. The molecule has 0 amide bonds. The fourth-order valence-corrected chi connectivity index (χ4v) is 4.37. The van der Waals surface area contributed by atoms with Gasteiger partial charge in [-0.2, -0.15) is 0 Å². The maximum Gasteiger partial charge on any atom is 0.346 e. The van der Waals surface area contributed by atoms with Gasteiger partial charge in [0.05, 0.1) is 17.6 Å². The van der Waals surface area contributed by atoms with Gasteiger partial charge >= 0.3 is 8.68 Å². The Morgan fingerprint density at radius 3 is 1.97 bits per heavy atom. The summed E-state index contributed by atoms with van der Waals surface area (Å²) in [7, 11) is -1.79. The second-order valence-corrected chi connectivity index (χ2v) is 10.1. The molecular formula is C24H27N3OSi. The summed E-state index contributed by atoms with van der Waals surface area (Å²) in [6.45, 7) is 8.66. The second kappa shape index (κ2) is 9.05. The molecular weight excluding hydrogens is 374 g/mol. The molecule has 4 rings (SSSR count). The molecule has 0 unspecified atom stereocenters. The van der Waals surface area contributed by atoms with Crippen LogP contribution in [0.15, 0.2) is 79.3 Å². The third kappa shape index (κ3) is 6.03. The summed E-state index contributed by atoms with van der Waals surface area (Å²) in [5.74, 6) is 0. The van der Waals surface area contributed by atoms with Crippen LogP contribution in [-0.4, -0.2) is 23.1 Å². The van der Waals surface area contributed by atoms with Crippen LogP contribution in [0.4, 0.5) is 0 Å². The van der Waals surface area contributed by atoms with E-state index in [1.807, 2.05) is 84.4 Å². The van der Waals surface area contributed by atoms with E-state index in [1.165, 1.54) is 0 Å². The Hall–Kier alpha value is -2.92. The molecule has 0 N–H and O–H groups in total. The van der Waals surface area contributed by atoms with Crippen LogP contribution in [-0.2, 0) is 10.9 Å². The first kappa shape index (κ1) is 20.8. The van der Waals surface area contributed by atoms with Crippen molar-refractivity contribution in [3.8, 4) is 0 Å². The van der Waals surface area contributed by atoms with Gasteiger partial charge in [-0.3, -0.25) is 4.98 Å². The van der Waals surface area contributed by atoms with E-state index in [-0.39, 0.29) is 5.41 Å². The highest BCUT2D eigenvalue weighted by Crippen LogP contribution is 2.19. The zero-order valence-electron chi connectivity index (χ0n) is 17.5. The summed E-state index contributed by atoms with van der Waals surface area (Å²) < 4.78 is 14.1. The van der Waals surface area contributed by atoms with Gasteiger partial charge in [-0.1, -0.05) is 81.4 Å². The van der Waals surface area contributed by atoms with Crippen LogP contribution in [0.3, 0.4) is 0 Å². The molecule has 29 heavy (non-hydrogen) atoms. The number of nitrogens with zero attached hydrogens (tertiary/aromatic N) is 3. The molecule has 0 aliphatic heterocycles. The van der Waals surface area contributed by atoms with Crippen molar-refractivity contribution in [3.63, 3.8) is 0 Å². The number of benzene rings is 2. The number of hydrogen-bond acceptors (Lipinski definition) is 3. The highest BCUT2D eigenvalue weighted by Gasteiger charge is 2.13. The van der Waals surface area contributed by atoms with Crippen LogP contribution in [0, 0.1) is 12.3 Å². The van der Waals surface area contributed by atoms with Gasteiger partial charge in [0, 0.05) is 22.8 Å². The van der Waals surface area contributed by atoms with Gasteiger partial charge in [0.25, 0.3) is 0 Å². The maximum absolute atomic E-state index is 12.0. The van der Waals surface area contributed by atoms with Crippen LogP contribution in [0.2, 0.25) is 0 Å². The molecule has 5 heteroatoms. The van der Waals surface area contributed by atoms with Gasteiger partial charge < -0.3 is 8.86 Å². The van der Waals surface area contributed by atoms with Gasteiger partial charge in [0.2, 0.25) is 0 Å². The Kier molecular flexibility index (Phi) is 6.49. The standard InChI is InChI=1S/C12H17N3.C12H10OSi/c1-9-7-15-8-10(5-12(2,3)4)13-6-11(15)14-9;13-14(11-7-3-1-4-8-11)12-9-5-2-6-10-12/h6-8H,5H2,1-4H3;1-10H. The molecule has 4 aromatic rings. The predicted molar refractivity (Wildman–Crippen MR) is 119 cm³/mol. The van der Waals surface area contributed by atoms with E-state index in [4.69, 9.17) is 0 Å². The lowest BCUT2D eigenvalue weighted by molar-refractivity contribution is 0.405. The molecule has 0 saturated heterocycles. The summed E-state index contributed by atoms with van der Waals surface area (Å²) in [5, 5.41) is 1.84. The van der Waals surface area contributed by atoms with E-state index in [9.17, 15) is 4.46 Å². The first-order chi connectivity index (χ1) is 13.8. The van der Waals surface area contributed by atoms with Crippen molar-refractivity contribution in [1.29, 1.82) is 0 Å². The van der Waals surface area contributed by atoms with Crippen LogP contribution < -0.4 is 10.4 Å². The average molecular weight is 402 g/mol. The highest BCUT2D eigenvalue weighted by atomic mass is 28.3. The Balaban J connectivity index is 0.000000166. The van der Waals surface area contributed by atoms with Crippen molar-refractivity contribution >= 4 is 24.7 Å². The summed E-state index contributed by atoms with van der Waals surface area (Å²) in [6.07, 6.45) is 6.93. The van der Waals surface area contributed by atoms with Gasteiger partial charge in [0.1, 0.15) is 0 Å². The smallest absolute Gasteiger partial charge is 0.346 e. The maximum atomic E-state index is 12.0. The summed E-state index contributed by atoms with van der Waals surface area (Å²) >= 11 is 0. The van der Waals surface area contributed by atoms with E-state index >= 15 is 0 Å². The second-order valence-electron chi connectivity index (χ2n) is 8.33. The first-order valence-electron chi connectivity index (χ1n) is 9.77. The fourth-order valence-electron chi connectivity index (χ4n) is 3.05. The van der Waals surface area contributed by atoms with E-state index < -0.39 is 8.68 Å². The molecule has 148 valence electrons. The van der Waals surface area contributed by atoms with E-state index in [0.29, 0.717) is 0 Å². The lowest BCUT2D eigenvalue weighted by atomic mass is 9.91. The largest absolute Gasteiger partial charge is 0.376 e. The minimum atomic E-state index is -1.79. The van der Waals surface area contributed by atoms with Crippen molar-refractivity contribution in [2.45, 2.75) is 34.1 Å². The highest BCUT2D eigenvalue weighted by molar-refractivity contribution is 6.72. The number of hydrogen-bond donors (Lipinski definition) is 0. The molecule has 0 saturated carbocycles. The van der Waals surface area contributed by atoms with Gasteiger partial charge in [0.15, 0.2) is 5.65 Å². The summed E-state index contributed by atoms with van der Waals surface area (Å²) in [4.78, 5) is 8.77. The summed E-state index contributed by atoms with van der Waals surface area (Å²) in [6, 6.07) is 19.2. The zero-order chi connectivity index (χ0) is 20.9.